The van der Waals surface area contributed by atoms with Gasteiger partial charge in [-0.15, -0.1) is 0 Å². The zero-order valence-corrected chi connectivity index (χ0v) is 18.7. The van der Waals surface area contributed by atoms with Gasteiger partial charge in [0.1, 0.15) is 17.2 Å². The fourth-order valence-electron chi connectivity index (χ4n) is 2.86. The van der Waals surface area contributed by atoms with Crippen LogP contribution >= 0.6 is 15.9 Å². The number of amides is 1. The van der Waals surface area contributed by atoms with Crippen molar-refractivity contribution in [1.29, 1.82) is 0 Å². The van der Waals surface area contributed by atoms with Crippen molar-refractivity contribution in [3.05, 3.63) is 88.9 Å². The Morgan fingerprint density at radius 3 is 2.27 bits per heavy atom. The standard InChI is InChI=1S/C22H21BrN2O4S/c1-29-20-13-12-18(23)14-21(20)30(27,28)25(19-10-6-3-7-11-19)16-22(26)24-15-17-8-4-2-5-9-17/h2-14H,15-16H2,1H3,(H,24,26). The molecular formula is C22H21BrN2O4S. The minimum atomic E-state index is -4.08. The third kappa shape index (κ3) is 5.20. The largest absolute Gasteiger partial charge is 0.495 e. The molecule has 0 unspecified atom stereocenters. The lowest BCUT2D eigenvalue weighted by Gasteiger charge is -2.25. The van der Waals surface area contributed by atoms with Gasteiger partial charge < -0.3 is 10.1 Å². The number of carbonyl (C=O) groups is 1. The molecular weight excluding hydrogens is 468 g/mol. The Morgan fingerprint density at radius 2 is 1.63 bits per heavy atom. The predicted octanol–water partition coefficient (Wildman–Crippen LogP) is 3.97. The number of carbonyl (C=O) groups excluding carboxylic acids is 1. The second-order valence-corrected chi connectivity index (χ2v) is 9.15. The molecule has 0 aliphatic carbocycles. The summed E-state index contributed by atoms with van der Waals surface area (Å²) in [6.45, 7) is -0.0581. The summed E-state index contributed by atoms with van der Waals surface area (Å²) < 4.78 is 34.0. The molecule has 1 N–H and O–H groups in total. The number of anilines is 1. The van der Waals surface area contributed by atoms with E-state index in [0.29, 0.717) is 16.7 Å². The van der Waals surface area contributed by atoms with Gasteiger partial charge in [-0.2, -0.15) is 0 Å². The Bertz CT molecular complexity index is 1110. The van der Waals surface area contributed by atoms with Gasteiger partial charge in [-0.3, -0.25) is 9.10 Å². The van der Waals surface area contributed by atoms with Crippen LogP contribution in [0.5, 0.6) is 5.75 Å². The molecule has 8 heteroatoms. The molecule has 0 heterocycles. The van der Waals surface area contributed by atoms with Crippen LogP contribution in [-0.4, -0.2) is 28.0 Å². The average molecular weight is 489 g/mol. The lowest BCUT2D eigenvalue weighted by Crippen LogP contribution is -2.40. The highest BCUT2D eigenvalue weighted by molar-refractivity contribution is 9.10. The maximum atomic E-state index is 13.5. The minimum Gasteiger partial charge on any atom is -0.495 e. The van der Waals surface area contributed by atoms with E-state index in [2.05, 4.69) is 21.2 Å². The molecule has 6 nitrogen and oxygen atoms in total. The van der Waals surface area contributed by atoms with Gasteiger partial charge in [-0.05, 0) is 35.9 Å². The summed E-state index contributed by atoms with van der Waals surface area (Å²) in [7, 11) is -2.68. The maximum absolute atomic E-state index is 13.5. The van der Waals surface area contributed by atoms with Crippen LogP contribution in [0, 0.1) is 0 Å². The monoisotopic (exact) mass is 488 g/mol. The lowest BCUT2D eigenvalue weighted by molar-refractivity contribution is -0.119. The number of sulfonamides is 1. The highest BCUT2D eigenvalue weighted by Gasteiger charge is 2.30. The number of ether oxygens (including phenoxy) is 1. The molecule has 0 fully saturated rings. The second-order valence-electron chi connectivity index (χ2n) is 6.40. The minimum absolute atomic E-state index is 0.0286. The van der Waals surface area contributed by atoms with Gasteiger partial charge in [0.2, 0.25) is 5.91 Å². The van der Waals surface area contributed by atoms with Gasteiger partial charge in [0.05, 0.1) is 12.8 Å². The molecule has 3 aromatic rings. The van der Waals surface area contributed by atoms with Gasteiger partial charge in [0.25, 0.3) is 10.0 Å². The third-order valence-corrected chi connectivity index (χ3v) is 6.65. The topological polar surface area (TPSA) is 75.7 Å². The van der Waals surface area contributed by atoms with Crippen molar-refractivity contribution in [2.45, 2.75) is 11.4 Å². The zero-order valence-electron chi connectivity index (χ0n) is 16.3. The molecule has 0 saturated carbocycles. The number of nitrogens with one attached hydrogen (secondary N) is 1. The molecule has 0 aromatic heterocycles. The van der Waals surface area contributed by atoms with Gasteiger partial charge in [-0.1, -0.05) is 64.5 Å². The van der Waals surface area contributed by atoms with Gasteiger partial charge in [0.15, 0.2) is 0 Å². The van der Waals surface area contributed by atoms with Crippen LogP contribution < -0.4 is 14.4 Å². The molecule has 0 saturated heterocycles. The third-order valence-electron chi connectivity index (χ3n) is 4.36. The highest BCUT2D eigenvalue weighted by atomic mass is 79.9. The Labute approximate surface area is 184 Å². The Hall–Kier alpha value is -2.84. The van der Waals surface area contributed by atoms with E-state index in [1.54, 1.807) is 42.5 Å². The lowest BCUT2D eigenvalue weighted by atomic mass is 10.2. The first-order valence-corrected chi connectivity index (χ1v) is 11.4. The van der Waals surface area contributed by atoms with Crippen molar-refractivity contribution in [3.8, 4) is 5.75 Å². The van der Waals surface area contributed by atoms with E-state index in [4.69, 9.17) is 4.74 Å². The fraction of sp³-hybridized carbons (Fsp3) is 0.136. The molecule has 0 aliphatic rings. The molecule has 3 rings (SSSR count). The van der Waals surface area contributed by atoms with Crippen LogP contribution in [0.3, 0.4) is 0 Å². The number of hydrogen-bond donors (Lipinski definition) is 1. The number of para-hydroxylation sites is 1. The van der Waals surface area contributed by atoms with E-state index in [1.807, 2.05) is 30.3 Å². The Kier molecular flexibility index (Phi) is 7.12. The van der Waals surface area contributed by atoms with Crippen molar-refractivity contribution in [2.24, 2.45) is 0 Å². The first-order valence-electron chi connectivity index (χ1n) is 9.14. The highest BCUT2D eigenvalue weighted by Crippen LogP contribution is 2.32. The maximum Gasteiger partial charge on any atom is 0.268 e. The van der Waals surface area contributed by atoms with Crippen LogP contribution in [0.1, 0.15) is 5.56 Å². The fourth-order valence-corrected chi connectivity index (χ4v) is 4.98. The summed E-state index contributed by atoms with van der Waals surface area (Å²) in [5.41, 5.74) is 1.31. The van der Waals surface area contributed by atoms with Crippen LogP contribution in [0.15, 0.2) is 88.2 Å². The van der Waals surface area contributed by atoms with Crippen LogP contribution in [0.4, 0.5) is 5.69 Å². The van der Waals surface area contributed by atoms with Crippen molar-refractivity contribution in [1.82, 2.24) is 5.32 Å². The quantitative estimate of drug-likeness (QED) is 0.520. The first-order chi connectivity index (χ1) is 14.4. The number of rotatable bonds is 8. The smallest absolute Gasteiger partial charge is 0.268 e. The van der Waals surface area contributed by atoms with Crippen LogP contribution in [0.25, 0.3) is 0 Å². The number of benzene rings is 3. The summed E-state index contributed by atoms with van der Waals surface area (Å²) >= 11 is 3.31. The molecule has 0 atom stereocenters. The summed E-state index contributed by atoms with van der Waals surface area (Å²) in [6, 6.07) is 22.7. The predicted molar refractivity (Wildman–Crippen MR) is 120 cm³/mol. The van der Waals surface area contributed by atoms with E-state index < -0.39 is 15.9 Å². The average Bonchev–Trinajstić information content (AvgIpc) is 2.77. The molecule has 0 radical (unpaired) electrons. The Balaban J connectivity index is 1.91. The van der Waals surface area contributed by atoms with Crippen molar-refractivity contribution in [2.75, 3.05) is 18.0 Å². The van der Waals surface area contributed by atoms with Crippen LogP contribution in [-0.2, 0) is 21.4 Å². The number of nitrogens with zero attached hydrogens (tertiary/aromatic N) is 1. The van der Waals surface area contributed by atoms with Gasteiger partial charge in [-0.25, -0.2) is 8.42 Å². The number of halogens is 1. The molecule has 0 aliphatic heterocycles. The first kappa shape index (κ1) is 21.9. The van der Waals surface area contributed by atoms with E-state index in [1.165, 1.54) is 13.2 Å². The summed E-state index contributed by atoms with van der Waals surface area (Å²) in [4.78, 5) is 12.6. The SMILES string of the molecule is COc1ccc(Br)cc1S(=O)(=O)N(CC(=O)NCc1ccccc1)c1ccccc1. The van der Waals surface area contributed by atoms with E-state index >= 15 is 0 Å². The molecule has 156 valence electrons. The van der Waals surface area contributed by atoms with Crippen molar-refractivity contribution < 1.29 is 17.9 Å². The second kappa shape index (κ2) is 9.77. The summed E-state index contributed by atoms with van der Waals surface area (Å²) in [5.74, 6) is -0.218. The van der Waals surface area contributed by atoms with E-state index in [0.717, 1.165) is 9.87 Å². The van der Waals surface area contributed by atoms with Gasteiger partial charge >= 0.3 is 0 Å². The van der Waals surface area contributed by atoms with E-state index in [9.17, 15) is 13.2 Å². The zero-order chi connectivity index (χ0) is 21.6. The number of methoxy groups -OCH3 is 1. The van der Waals surface area contributed by atoms with Crippen LogP contribution in [0.2, 0.25) is 0 Å². The van der Waals surface area contributed by atoms with E-state index in [-0.39, 0.29) is 17.2 Å². The molecule has 1 amide bonds. The number of hydrogen-bond acceptors (Lipinski definition) is 4. The molecule has 30 heavy (non-hydrogen) atoms. The van der Waals surface area contributed by atoms with Gasteiger partial charge in [0, 0.05) is 11.0 Å². The Morgan fingerprint density at radius 1 is 1.00 bits per heavy atom. The molecule has 3 aromatic carbocycles. The summed E-state index contributed by atoms with van der Waals surface area (Å²) in [6.07, 6.45) is 0. The normalized spacial score (nSPS) is 11.0. The van der Waals surface area contributed by atoms with Crippen molar-refractivity contribution in [3.63, 3.8) is 0 Å². The van der Waals surface area contributed by atoms with Crippen molar-refractivity contribution >= 4 is 37.5 Å². The summed E-state index contributed by atoms with van der Waals surface area (Å²) in [5, 5.41) is 2.78. The molecule has 0 spiro atoms. The molecule has 0 bridgehead atoms.